The maximum Gasteiger partial charge on any atom is 0.138 e. The zero-order valence-electron chi connectivity index (χ0n) is 10.8. The van der Waals surface area contributed by atoms with E-state index in [0.717, 1.165) is 5.69 Å². The van der Waals surface area contributed by atoms with Crippen LogP contribution in [0.5, 0.6) is 5.75 Å². The molecule has 3 nitrogen and oxygen atoms in total. The standard InChI is InChI=1S/C13H20ClNO2/c1-9(2)17-13-6-5-11(7-12(13)14)15-10(3)8-16-4/h5-7,9-10,15H,8H2,1-4H3. The molecular formula is C13H20ClNO2. The molecule has 0 radical (unpaired) electrons. The zero-order chi connectivity index (χ0) is 12.8. The number of methoxy groups -OCH3 is 1. The lowest BCUT2D eigenvalue weighted by atomic mass is 10.2. The molecule has 0 aliphatic heterocycles. The van der Waals surface area contributed by atoms with Gasteiger partial charge in [-0.1, -0.05) is 11.6 Å². The Balaban J connectivity index is 2.68. The van der Waals surface area contributed by atoms with Crippen molar-refractivity contribution in [3.8, 4) is 5.75 Å². The summed E-state index contributed by atoms with van der Waals surface area (Å²) >= 11 is 6.14. The first-order valence-electron chi connectivity index (χ1n) is 5.74. The summed E-state index contributed by atoms with van der Waals surface area (Å²) in [6.45, 7) is 6.66. The van der Waals surface area contributed by atoms with Crippen molar-refractivity contribution in [2.45, 2.75) is 32.9 Å². The third-order valence-electron chi connectivity index (χ3n) is 2.12. The number of ether oxygens (including phenoxy) is 2. The fraction of sp³-hybridized carbons (Fsp3) is 0.538. The van der Waals surface area contributed by atoms with Gasteiger partial charge in [-0.15, -0.1) is 0 Å². The average Bonchev–Trinajstić information content (AvgIpc) is 2.22. The second kappa shape index (κ2) is 6.72. The molecule has 1 aromatic rings. The molecule has 0 aliphatic rings. The summed E-state index contributed by atoms with van der Waals surface area (Å²) in [4.78, 5) is 0. The Bertz CT molecular complexity index is 355. The van der Waals surface area contributed by atoms with Crippen LogP contribution >= 0.6 is 11.6 Å². The van der Waals surface area contributed by atoms with Crippen molar-refractivity contribution in [2.24, 2.45) is 0 Å². The molecule has 0 saturated heterocycles. The van der Waals surface area contributed by atoms with E-state index >= 15 is 0 Å². The number of halogens is 1. The highest BCUT2D eigenvalue weighted by atomic mass is 35.5. The van der Waals surface area contributed by atoms with Crippen molar-refractivity contribution in [3.63, 3.8) is 0 Å². The summed E-state index contributed by atoms with van der Waals surface area (Å²) in [5.74, 6) is 0.714. The molecule has 0 aliphatic carbocycles. The number of rotatable bonds is 6. The molecule has 96 valence electrons. The molecular weight excluding hydrogens is 238 g/mol. The number of benzene rings is 1. The SMILES string of the molecule is COCC(C)Nc1ccc(OC(C)C)c(Cl)c1. The first kappa shape index (κ1) is 14.1. The van der Waals surface area contributed by atoms with Crippen LogP contribution in [0.1, 0.15) is 20.8 Å². The van der Waals surface area contributed by atoms with E-state index in [9.17, 15) is 0 Å². The van der Waals surface area contributed by atoms with Gasteiger partial charge in [-0.2, -0.15) is 0 Å². The van der Waals surface area contributed by atoms with Crippen molar-refractivity contribution in [2.75, 3.05) is 19.0 Å². The highest BCUT2D eigenvalue weighted by Gasteiger charge is 2.06. The summed E-state index contributed by atoms with van der Waals surface area (Å²) < 4.78 is 10.6. The smallest absolute Gasteiger partial charge is 0.138 e. The number of anilines is 1. The van der Waals surface area contributed by atoms with Gasteiger partial charge in [0.15, 0.2) is 0 Å². The topological polar surface area (TPSA) is 30.5 Å². The highest BCUT2D eigenvalue weighted by molar-refractivity contribution is 6.32. The van der Waals surface area contributed by atoms with Crippen LogP contribution in [-0.2, 0) is 4.74 Å². The van der Waals surface area contributed by atoms with Gasteiger partial charge in [0.1, 0.15) is 5.75 Å². The van der Waals surface area contributed by atoms with E-state index in [-0.39, 0.29) is 12.1 Å². The van der Waals surface area contributed by atoms with E-state index in [2.05, 4.69) is 12.2 Å². The van der Waals surface area contributed by atoms with E-state index in [1.807, 2.05) is 32.0 Å². The molecule has 1 N–H and O–H groups in total. The molecule has 17 heavy (non-hydrogen) atoms. The largest absolute Gasteiger partial charge is 0.489 e. The molecule has 1 rings (SSSR count). The van der Waals surface area contributed by atoms with Crippen LogP contribution in [0.2, 0.25) is 5.02 Å². The van der Waals surface area contributed by atoms with E-state index in [0.29, 0.717) is 17.4 Å². The van der Waals surface area contributed by atoms with Crippen LogP contribution in [0.15, 0.2) is 18.2 Å². The van der Waals surface area contributed by atoms with Gasteiger partial charge in [0.05, 0.1) is 17.7 Å². The summed E-state index contributed by atoms with van der Waals surface area (Å²) in [6, 6.07) is 5.94. The summed E-state index contributed by atoms with van der Waals surface area (Å²) in [7, 11) is 1.69. The fourth-order valence-electron chi connectivity index (χ4n) is 1.52. The monoisotopic (exact) mass is 257 g/mol. The normalized spacial score (nSPS) is 12.6. The molecule has 0 fully saturated rings. The van der Waals surface area contributed by atoms with Crippen LogP contribution in [0, 0.1) is 0 Å². The molecule has 1 unspecified atom stereocenters. The molecule has 0 spiro atoms. The van der Waals surface area contributed by atoms with Crippen LogP contribution in [-0.4, -0.2) is 25.9 Å². The van der Waals surface area contributed by atoms with Gasteiger partial charge in [-0.3, -0.25) is 0 Å². The summed E-state index contributed by atoms with van der Waals surface area (Å²) in [6.07, 6.45) is 0.124. The Kier molecular flexibility index (Phi) is 5.59. The molecule has 0 heterocycles. The third kappa shape index (κ3) is 4.84. The maximum absolute atomic E-state index is 6.14. The molecule has 0 amide bonds. The Hall–Kier alpha value is -0.930. The average molecular weight is 258 g/mol. The first-order valence-corrected chi connectivity index (χ1v) is 6.12. The zero-order valence-corrected chi connectivity index (χ0v) is 11.5. The summed E-state index contributed by atoms with van der Waals surface area (Å²) in [5, 5.41) is 3.92. The lowest BCUT2D eigenvalue weighted by Crippen LogP contribution is -2.20. The number of hydrogen-bond donors (Lipinski definition) is 1. The maximum atomic E-state index is 6.14. The Morgan fingerprint density at radius 1 is 1.29 bits per heavy atom. The van der Waals surface area contributed by atoms with Gasteiger partial charge in [0.25, 0.3) is 0 Å². The van der Waals surface area contributed by atoms with Gasteiger partial charge in [0, 0.05) is 18.8 Å². The van der Waals surface area contributed by atoms with Crippen LogP contribution < -0.4 is 10.1 Å². The van der Waals surface area contributed by atoms with Crippen molar-refractivity contribution in [1.29, 1.82) is 0 Å². The van der Waals surface area contributed by atoms with Crippen molar-refractivity contribution >= 4 is 17.3 Å². The molecule has 4 heteroatoms. The van der Waals surface area contributed by atoms with Crippen molar-refractivity contribution < 1.29 is 9.47 Å². The molecule has 0 bridgehead atoms. The molecule has 0 saturated carbocycles. The molecule has 0 aromatic heterocycles. The minimum absolute atomic E-state index is 0.124. The lowest BCUT2D eigenvalue weighted by molar-refractivity contribution is 0.190. The van der Waals surface area contributed by atoms with E-state index in [1.165, 1.54) is 0 Å². The minimum atomic E-state index is 0.124. The van der Waals surface area contributed by atoms with Crippen LogP contribution in [0.3, 0.4) is 0 Å². The van der Waals surface area contributed by atoms with Crippen molar-refractivity contribution in [3.05, 3.63) is 23.2 Å². The first-order chi connectivity index (χ1) is 8.02. The predicted molar refractivity (Wildman–Crippen MR) is 72.2 cm³/mol. The van der Waals surface area contributed by atoms with Gasteiger partial charge in [0.2, 0.25) is 0 Å². The van der Waals surface area contributed by atoms with Gasteiger partial charge in [-0.25, -0.2) is 0 Å². The van der Waals surface area contributed by atoms with E-state index in [4.69, 9.17) is 21.1 Å². The highest BCUT2D eigenvalue weighted by Crippen LogP contribution is 2.28. The quantitative estimate of drug-likeness (QED) is 0.845. The lowest BCUT2D eigenvalue weighted by Gasteiger charge is -2.16. The van der Waals surface area contributed by atoms with E-state index in [1.54, 1.807) is 7.11 Å². The number of hydrogen-bond acceptors (Lipinski definition) is 3. The van der Waals surface area contributed by atoms with Crippen LogP contribution in [0.25, 0.3) is 0 Å². The predicted octanol–water partition coefficient (Wildman–Crippen LogP) is 3.57. The Morgan fingerprint density at radius 3 is 2.53 bits per heavy atom. The Morgan fingerprint density at radius 2 is 2.00 bits per heavy atom. The minimum Gasteiger partial charge on any atom is -0.489 e. The van der Waals surface area contributed by atoms with Crippen LogP contribution in [0.4, 0.5) is 5.69 Å². The van der Waals surface area contributed by atoms with Gasteiger partial charge in [-0.05, 0) is 39.0 Å². The van der Waals surface area contributed by atoms with Crippen molar-refractivity contribution in [1.82, 2.24) is 0 Å². The molecule has 1 aromatic carbocycles. The van der Waals surface area contributed by atoms with Gasteiger partial charge >= 0.3 is 0 Å². The second-order valence-electron chi connectivity index (χ2n) is 4.31. The third-order valence-corrected chi connectivity index (χ3v) is 2.42. The molecule has 1 atom stereocenters. The second-order valence-corrected chi connectivity index (χ2v) is 4.72. The fourth-order valence-corrected chi connectivity index (χ4v) is 1.74. The number of nitrogens with one attached hydrogen (secondary N) is 1. The Labute approximate surface area is 108 Å². The summed E-state index contributed by atoms with van der Waals surface area (Å²) in [5.41, 5.74) is 0.968. The van der Waals surface area contributed by atoms with Gasteiger partial charge < -0.3 is 14.8 Å². The van der Waals surface area contributed by atoms with E-state index < -0.39 is 0 Å².